The summed E-state index contributed by atoms with van der Waals surface area (Å²) >= 11 is 2.29. The van der Waals surface area contributed by atoms with E-state index in [1.54, 1.807) is 13.2 Å². The van der Waals surface area contributed by atoms with Gasteiger partial charge < -0.3 is 15.2 Å². The van der Waals surface area contributed by atoms with Crippen LogP contribution in [0.4, 0.5) is 5.69 Å². The van der Waals surface area contributed by atoms with E-state index in [0.717, 1.165) is 11.3 Å². The maximum absolute atomic E-state index is 9.60. The van der Waals surface area contributed by atoms with Gasteiger partial charge in [0.1, 0.15) is 0 Å². The fraction of sp³-hybridized carbons (Fsp3) is 0.200. The number of anilines is 1. The summed E-state index contributed by atoms with van der Waals surface area (Å²) < 4.78 is 6.32. The van der Waals surface area contributed by atoms with Crippen LogP contribution in [0, 0.1) is 3.57 Å². The van der Waals surface area contributed by atoms with E-state index < -0.39 is 0 Å². The zero-order valence-electron chi connectivity index (χ0n) is 10.9. The molecule has 1 unspecified atom stereocenters. The maximum atomic E-state index is 9.60. The van der Waals surface area contributed by atoms with E-state index >= 15 is 0 Å². The third kappa shape index (κ3) is 3.53. The molecule has 19 heavy (non-hydrogen) atoms. The summed E-state index contributed by atoms with van der Waals surface area (Å²) in [5, 5.41) is 13.0. The summed E-state index contributed by atoms with van der Waals surface area (Å²) in [6.45, 7) is 2.08. The number of hydrogen-bond donors (Lipinski definition) is 2. The number of phenolic OH excluding ortho intramolecular Hbond substituents is 1. The predicted octanol–water partition coefficient (Wildman–Crippen LogP) is 4.18. The van der Waals surface area contributed by atoms with Gasteiger partial charge in [-0.05, 0) is 65.4 Å². The van der Waals surface area contributed by atoms with Crippen LogP contribution in [0.5, 0.6) is 11.5 Å². The second-order valence-electron chi connectivity index (χ2n) is 4.31. The molecule has 0 amide bonds. The Bertz CT molecular complexity index is 572. The van der Waals surface area contributed by atoms with Crippen LogP contribution in [0.15, 0.2) is 42.5 Å². The van der Waals surface area contributed by atoms with Gasteiger partial charge >= 0.3 is 0 Å². The average molecular weight is 369 g/mol. The van der Waals surface area contributed by atoms with Crippen LogP contribution in [0.1, 0.15) is 18.5 Å². The number of hydrogen-bond acceptors (Lipinski definition) is 3. The Morgan fingerprint density at radius 1 is 1.21 bits per heavy atom. The fourth-order valence-corrected chi connectivity index (χ4v) is 2.42. The van der Waals surface area contributed by atoms with Gasteiger partial charge in [-0.25, -0.2) is 0 Å². The molecule has 0 radical (unpaired) electrons. The summed E-state index contributed by atoms with van der Waals surface area (Å²) in [5.41, 5.74) is 2.14. The summed E-state index contributed by atoms with van der Waals surface area (Å²) in [5.74, 6) is 0.654. The SMILES string of the molecule is COc1cc(C(C)Nc2cccc(I)c2)ccc1O. The molecule has 4 heteroatoms. The zero-order valence-corrected chi connectivity index (χ0v) is 13.0. The first-order chi connectivity index (χ1) is 9.10. The Morgan fingerprint density at radius 3 is 2.68 bits per heavy atom. The molecule has 0 aliphatic rings. The standard InChI is InChI=1S/C15H16INO2/c1-10(17-13-5-3-4-12(16)9-13)11-6-7-14(18)15(8-11)19-2/h3-10,17-18H,1-2H3. The molecule has 0 bridgehead atoms. The van der Waals surface area contributed by atoms with E-state index in [-0.39, 0.29) is 11.8 Å². The van der Waals surface area contributed by atoms with Gasteiger partial charge in [0, 0.05) is 15.3 Å². The highest BCUT2D eigenvalue weighted by molar-refractivity contribution is 14.1. The Kier molecular flexibility index (Phi) is 4.52. The second kappa shape index (κ2) is 6.14. The Labute approximate surface area is 126 Å². The number of benzene rings is 2. The first kappa shape index (κ1) is 14.0. The Balaban J connectivity index is 2.18. The predicted molar refractivity (Wildman–Crippen MR) is 85.9 cm³/mol. The van der Waals surface area contributed by atoms with Crippen molar-refractivity contribution in [3.05, 3.63) is 51.6 Å². The summed E-state index contributed by atoms with van der Waals surface area (Å²) in [7, 11) is 1.55. The van der Waals surface area contributed by atoms with E-state index in [9.17, 15) is 5.11 Å². The van der Waals surface area contributed by atoms with Crippen molar-refractivity contribution in [2.75, 3.05) is 12.4 Å². The molecule has 0 aromatic heterocycles. The van der Waals surface area contributed by atoms with E-state index in [4.69, 9.17) is 4.74 Å². The molecule has 100 valence electrons. The van der Waals surface area contributed by atoms with Gasteiger partial charge in [-0.2, -0.15) is 0 Å². The van der Waals surface area contributed by atoms with E-state index in [1.165, 1.54) is 3.57 Å². The van der Waals surface area contributed by atoms with Crippen molar-refractivity contribution in [2.24, 2.45) is 0 Å². The minimum atomic E-state index is 0.132. The van der Waals surface area contributed by atoms with Crippen molar-refractivity contribution in [2.45, 2.75) is 13.0 Å². The lowest BCUT2D eigenvalue weighted by Gasteiger charge is -2.17. The third-order valence-electron chi connectivity index (χ3n) is 2.91. The van der Waals surface area contributed by atoms with E-state index in [1.807, 2.05) is 24.3 Å². The van der Waals surface area contributed by atoms with Crippen molar-refractivity contribution in [1.29, 1.82) is 0 Å². The second-order valence-corrected chi connectivity index (χ2v) is 5.55. The Morgan fingerprint density at radius 2 is 2.00 bits per heavy atom. The summed E-state index contributed by atoms with van der Waals surface area (Å²) in [4.78, 5) is 0. The Hall–Kier alpha value is -1.43. The lowest BCUT2D eigenvalue weighted by Crippen LogP contribution is -2.06. The van der Waals surface area contributed by atoms with Gasteiger partial charge in [-0.15, -0.1) is 0 Å². The van der Waals surface area contributed by atoms with Crippen molar-refractivity contribution >= 4 is 28.3 Å². The molecule has 0 saturated heterocycles. The molecule has 2 aromatic rings. The van der Waals surface area contributed by atoms with E-state index in [0.29, 0.717) is 5.75 Å². The van der Waals surface area contributed by atoms with Gasteiger partial charge in [-0.3, -0.25) is 0 Å². The average Bonchev–Trinajstić information content (AvgIpc) is 2.39. The van der Waals surface area contributed by atoms with Crippen molar-refractivity contribution < 1.29 is 9.84 Å². The molecule has 0 spiro atoms. The number of ether oxygens (including phenoxy) is 1. The van der Waals surface area contributed by atoms with Crippen LogP contribution in [0.25, 0.3) is 0 Å². The van der Waals surface area contributed by atoms with Crippen LogP contribution < -0.4 is 10.1 Å². The number of rotatable bonds is 4. The van der Waals surface area contributed by atoms with Crippen LogP contribution in [0.3, 0.4) is 0 Å². The first-order valence-corrected chi connectivity index (χ1v) is 7.07. The highest BCUT2D eigenvalue weighted by Gasteiger charge is 2.09. The van der Waals surface area contributed by atoms with Gasteiger partial charge in [0.05, 0.1) is 7.11 Å². The number of halogens is 1. The molecule has 2 rings (SSSR count). The minimum absolute atomic E-state index is 0.132. The number of aromatic hydroxyl groups is 1. The van der Waals surface area contributed by atoms with Crippen LogP contribution in [-0.4, -0.2) is 12.2 Å². The molecule has 1 atom stereocenters. The first-order valence-electron chi connectivity index (χ1n) is 5.99. The number of methoxy groups -OCH3 is 1. The number of phenols is 1. The fourth-order valence-electron chi connectivity index (χ4n) is 1.88. The molecule has 0 fully saturated rings. The largest absolute Gasteiger partial charge is 0.504 e. The van der Waals surface area contributed by atoms with Gasteiger partial charge in [0.15, 0.2) is 11.5 Å². The molecule has 0 aliphatic heterocycles. The summed E-state index contributed by atoms with van der Waals surface area (Å²) in [6.07, 6.45) is 0. The highest BCUT2D eigenvalue weighted by Crippen LogP contribution is 2.30. The normalized spacial score (nSPS) is 11.9. The number of nitrogens with one attached hydrogen (secondary N) is 1. The minimum Gasteiger partial charge on any atom is -0.504 e. The monoisotopic (exact) mass is 369 g/mol. The van der Waals surface area contributed by atoms with Crippen molar-refractivity contribution in [1.82, 2.24) is 0 Å². The molecule has 3 nitrogen and oxygen atoms in total. The van der Waals surface area contributed by atoms with Crippen LogP contribution >= 0.6 is 22.6 Å². The molecule has 0 heterocycles. The lowest BCUT2D eigenvalue weighted by atomic mass is 10.1. The molecule has 2 N–H and O–H groups in total. The quantitative estimate of drug-likeness (QED) is 0.795. The molecule has 0 saturated carbocycles. The van der Waals surface area contributed by atoms with E-state index in [2.05, 4.69) is 47.0 Å². The third-order valence-corrected chi connectivity index (χ3v) is 3.58. The zero-order chi connectivity index (χ0) is 13.8. The van der Waals surface area contributed by atoms with Gasteiger partial charge in [0.2, 0.25) is 0 Å². The molecule has 2 aromatic carbocycles. The van der Waals surface area contributed by atoms with Crippen molar-refractivity contribution in [3.8, 4) is 11.5 Å². The van der Waals surface area contributed by atoms with Crippen LogP contribution in [-0.2, 0) is 0 Å². The van der Waals surface area contributed by atoms with Crippen LogP contribution in [0.2, 0.25) is 0 Å². The van der Waals surface area contributed by atoms with Gasteiger partial charge in [0.25, 0.3) is 0 Å². The maximum Gasteiger partial charge on any atom is 0.160 e. The van der Waals surface area contributed by atoms with Gasteiger partial charge in [-0.1, -0.05) is 12.1 Å². The molecular formula is C15H16INO2. The lowest BCUT2D eigenvalue weighted by molar-refractivity contribution is 0.373. The smallest absolute Gasteiger partial charge is 0.160 e. The van der Waals surface area contributed by atoms with Crippen molar-refractivity contribution in [3.63, 3.8) is 0 Å². The molecule has 0 aliphatic carbocycles. The summed E-state index contributed by atoms with van der Waals surface area (Å²) in [6, 6.07) is 13.7. The highest BCUT2D eigenvalue weighted by atomic mass is 127. The molecular weight excluding hydrogens is 353 g/mol. The topological polar surface area (TPSA) is 41.5 Å².